The molecular formula is C14H15NO3. The van der Waals surface area contributed by atoms with Crippen molar-refractivity contribution in [3.63, 3.8) is 0 Å². The highest BCUT2D eigenvalue weighted by Crippen LogP contribution is 2.20. The van der Waals surface area contributed by atoms with Crippen LogP contribution in [0, 0.1) is 5.92 Å². The summed E-state index contributed by atoms with van der Waals surface area (Å²) in [4.78, 5) is 35.9. The number of nitrogens with zero attached hydrogens (tertiary/aromatic N) is 1. The smallest absolute Gasteiger partial charge is 0.240 e. The van der Waals surface area contributed by atoms with Crippen molar-refractivity contribution < 1.29 is 14.4 Å². The molecule has 2 amide bonds. The van der Waals surface area contributed by atoms with Gasteiger partial charge in [-0.25, -0.2) is 0 Å². The minimum absolute atomic E-state index is 0.0307. The molecule has 1 heterocycles. The molecule has 0 aromatic heterocycles. The lowest BCUT2D eigenvalue weighted by atomic mass is 9.97. The first-order valence-electron chi connectivity index (χ1n) is 5.96. The van der Waals surface area contributed by atoms with Crippen LogP contribution in [0.15, 0.2) is 30.3 Å². The number of likely N-dealkylation sites (tertiary alicyclic amines) is 1. The van der Waals surface area contributed by atoms with E-state index < -0.39 is 5.92 Å². The van der Waals surface area contributed by atoms with Crippen LogP contribution in [0.3, 0.4) is 0 Å². The van der Waals surface area contributed by atoms with Crippen LogP contribution < -0.4 is 0 Å². The summed E-state index contributed by atoms with van der Waals surface area (Å²) < 4.78 is 0. The number of Topliss-reactive ketones (excluding diaryl/α,β-unsaturated/α-hetero) is 1. The third kappa shape index (κ3) is 2.47. The van der Waals surface area contributed by atoms with Crippen LogP contribution in [0.2, 0.25) is 0 Å². The Morgan fingerprint density at radius 2 is 1.94 bits per heavy atom. The molecule has 1 aliphatic heterocycles. The quantitative estimate of drug-likeness (QED) is 0.591. The predicted molar refractivity (Wildman–Crippen MR) is 65.7 cm³/mol. The van der Waals surface area contributed by atoms with E-state index in [9.17, 15) is 14.4 Å². The van der Waals surface area contributed by atoms with E-state index in [0.29, 0.717) is 12.8 Å². The Kier molecular flexibility index (Phi) is 3.55. The van der Waals surface area contributed by atoms with Gasteiger partial charge in [0.05, 0.1) is 0 Å². The average molecular weight is 245 g/mol. The van der Waals surface area contributed by atoms with Crippen molar-refractivity contribution in [1.82, 2.24) is 4.90 Å². The summed E-state index contributed by atoms with van der Waals surface area (Å²) in [7, 11) is 1.43. The number of rotatable bonds is 4. The standard InChI is InChI=1S/C14H15NO3/c1-15-13(17)9-11(14(15)18)12(16)8-7-10-5-3-2-4-6-10/h2-6,11H,7-9H2,1H3. The lowest BCUT2D eigenvalue weighted by Gasteiger charge is -2.07. The highest BCUT2D eigenvalue weighted by molar-refractivity contribution is 6.13. The molecule has 0 aliphatic carbocycles. The normalized spacial score (nSPS) is 19.4. The number of aryl methyl sites for hydroxylation is 1. The maximum absolute atomic E-state index is 11.9. The van der Waals surface area contributed by atoms with Crippen LogP contribution in [-0.4, -0.2) is 29.5 Å². The number of benzene rings is 1. The molecule has 2 rings (SSSR count). The predicted octanol–water partition coefficient (Wildman–Crippen LogP) is 1.19. The van der Waals surface area contributed by atoms with Crippen LogP contribution in [0.1, 0.15) is 18.4 Å². The first kappa shape index (κ1) is 12.5. The first-order valence-corrected chi connectivity index (χ1v) is 5.96. The second kappa shape index (κ2) is 5.12. The minimum atomic E-state index is -0.758. The SMILES string of the molecule is CN1C(=O)CC(C(=O)CCc2ccccc2)C1=O. The molecule has 1 aromatic carbocycles. The molecule has 1 saturated heterocycles. The number of amides is 2. The van der Waals surface area contributed by atoms with Gasteiger partial charge in [-0.3, -0.25) is 19.3 Å². The van der Waals surface area contributed by atoms with Gasteiger partial charge in [0.1, 0.15) is 11.7 Å². The summed E-state index contributed by atoms with van der Waals surface area (Å²) in [6, 6.07) is 9.64. The number of carbonyl (C=O) groups excluding carboxylic acids is 3. The Bertz CT molecular complexity index is 481. The number of hydrogen-bond donors (Lipinski definition) is 0. The summed E-state index contributed by atoms with van der Waals surface area (Å²) in [6.45, 7) is 0. The van der Waals surface area contributed by atoms with Crippen molar-refractivity contribution in [3.05, 3.63) is 35.9 Å². The second-order valence-electron chi connectivity index (χ2n) is 4.50. The summed E-state index contributed by atoms with van der Waals surface area (Å²) >= 11 is 0. The molecule has 1 aromatic rings. The van der Waals surface area contributed by atoms with E-state index in [-0.39, 0.29) is 24.0 Å². The Labute approximate surface area is 106 Å². The van der Waals surface area contributed by atoms with Crippen LogP contribution in [0.5, 0.6) is 0 Å². The van der Waals surface area contributed by atoms with Crippen molar-refractivity contribution in [2.45, 2.75) is 19.3 Å². The molecule has 18 heavy (non-hydrogen) atoms. The zero-order valence-electron chi connectivity index (χ0n) is 10.3. The zero-order valence-corrected chi connectivity index (χ0v) is 10.3. The topological polar surface area (TPSA) is 54.5 Å². The molecule has 0 saturated carbocycles. The summed E-state index contributed by atoms with van der Waals surface area (Å²) in [6.07, 6.45) is 0.950. The van der Waals surface area contributed by atoms with E-state index in [1.54, 1.807) is 0 Å². The van der Waals surface area contributed by atoms with Crippen molar-refractivity contribution in [3.8, 4) is 0 Å². The van der Waals surface area contributed by atoms with Crippen LogP contribution >= 0.6 is 0 Å². The van der Waals surface area contributed by atoms with Gasteiger partial charge >= 0.3 is 0 Å². The maximum atomic E-state index is 11.9. The van der Waals surface area contributed by atoms with E-state index in [4.69, 9.17) is 0 Å². The summed E-state index contributed by atoms with van der Waals surface area (Å²) in [5, 5.41) is 0. The lowest BCUT2D eigenvalue weighted by molar-refractivity contribution is -0.139. The van der Waals surface area contributed by atoms with Crippen LogP contribution in [0.4, 0.5) is 0 Å². The molecule has 1 unspecified atom stereocenters. The Hall–Kier alpha value is -1.97. The van der Waals surface area contributed by atoms with Gasteiger partial charge in [-0.05, 0) is 12.0 Å². The van der Waals surface area contributed by atoms with Gasteiger partial charge in [0, 0.05) is 19.9 Å². The van der Waals surface area contributed by atoms with Gasteiger partial charge in [-0.2, -0.15) is 0 Å². The van der Waals surface area contributed by atoms with E-state index in [1.807, 2.05) is 30.3 Å². The Morgan fingerprint density at radius 1 is 1.28 bits per heavy atom. The molecule has 4 heteroatoms. The molecule has 1 atom stereocenters. The highest BCUT2D eigenvalue weighted by Gasteiger charge is 2.39. The van der Waals surface area contributed by atoms with Crippen molar-refractivity contribution >= 4 is 17.6 Å². The second-order valence-corrected chi connectivity index (χ2v) is 4.50. The molecule has 94 valence electrons. The Morgan fingerprint density at radius 3 is 2.50 bits per heavy atom. The van der Waals surface area contributed by atoms with Gasteiger partial charge in [0.15, 0.2) is 0 Å². The van der Waals surface area contributed by atoms with Gasteiger partial charge in [0.2, 0.25) is 11.8 Å². The van der Waals surface area contributed by atoms with Gasteiger partial charge in [0.25, 0.3) is 0 Å². The highest BCUT2D eigenvalue weighted by atomic mass is 16.2. The molecule has 0 spiro atoms. The fourth-order valence-electron chi connectivity index (χ4n) is 2.09. The van der Waals surface area contributed by atoms with Crippen molar-refractivity contribution in [1.29, 1.82) is 0 Å². The van der Waals surface area contributed by atoms with E-state index in [2.05, 4.69) is 0 Å². The average Bonchev–Trinajstić information content (AvgIpc) is 2.65. The van der Waals surface area contributed by atoms with E-state index in [1.165, 1.54) is 7.05 Å². The molecular weight excluding hydrogens is 230 g/mol. The summed E-state index contributed by atoms with van der Waals surface area (Å²) in [5.74, 6) is -1.52. The zero-order chi connectivity index (χ0) is 13.1. The number of carbonyl (C=O) groups is 3. The third-order valence-electron chi connectivity index (χ3n) is 3.27. The third-order valence-corrected chi connectivity index (χ3v) is 3.27. The fourth-order valence-corrected chi connectivity index (χ4v) is 2.09. The molecule has 0 radical (unpaired) electrons. The lowest BCUT2D eigenvalue weighted by Crippen LogP contribution is -2.28. The van der Waals surface area contributed by atoms with Crippen LogP contribution in [0.25, 0.3) is 0 Å². The van der Waals surface area contributed by atoms with Crippen LogP contribution in [-0.2, 0) is 20.8 Å². The number of hydrogen-bond acceptors (Lipinski definition) is 3. The molecule has 0 N–H and O–H groups in total. The van der Waals surface area contributed by atoms with E-state index in [0.717, 1.165) is 10.5 Å². The largest absolute Gasteiger partial charge is 0.299 e. The molecule has 0 bridgehead atoms. The summed E-state index contributed by atoms with van der Waals surface area (Å²) in [5.41, 5.74) is 1.07. The Balaban J connectivity index is 1.93. The molecule has 1 fully saturated rings. The van der Waals surface area contributed by atoms with Gasteiger partial charge in [-0.15, -0.1) is 0 Å². The van der Waals surface area contributed by atoms with Crippen molar-refractivity contribution in [2.24, 2.45) is 5.92 Å². The molecule has 1 aliphatic rings. The first-order chi connectivity index (χ1) is 8.59. The number of imide groups is 1. The minimum Gasteiger partial charge on any atom is -0.299 e. The fraction of sp³-hybridized carbons (Fsp3) is 0.357. The van der Waals surface area contributed by atoms with Gasteiger partial charge < -0.3 is 0 Å². The monoisotopic (exact) mass is 245 g/mol. The van der Waals surface area contributed by atoms with Crippen molar-refractivity contribution in [2.75, 3.05) is 7.05 Å². The van der Waals surface area contributed by atoms with Gasteiger partial charge in [-0.1, -0.05) is 30.3 Å². The maximum Gasteiger partial charge on any atom is 0.240 e. The van der Waals surface area contributed by atoms with E-state index >= 15 is 0 Å². The molecule has 4 nitrogen and oxygen atoms in total. The number of ketones is 1.